The predicted molar refractivity (Wildman–Crippen MR) is 54.9 cm³/mol. The summed E-state index contributed by atoms with van der Waals surface area (Å²) in [4.78, 5) is 0. The van der Waals surface area contributed by atoms with Crippen LogP contribution >= 0.6 is 0 Å². The maximum absolute atomic E-state index is 5.88. The van der Waals surface area contributed by atoms with Crippen molar-refractivity contribution in [3.05, 3.63) is 23.8 Å². The highest BCUT2D eigenvalue weighted by Crippen LogP contribution is 2.41. The number of ether oxygens (including phenoxy) is 2. The molecule has 3 nitrogen and oxygen atoms in total. The fourth-order valence-electron chi connectivity index (χ4n) is 1.84. The standard InChI is InChI=1S/C11H15NO2/c1-7(12)9-6-14-11-8(9)4-3-5-10(11)13-2/h3-5,7,9H,6,12H2,1-2H3. The Morgan fingerprint density at radius 2 is 2.36 bits per heavy atom. The highest BCUT2D eigenvalue weighted by Gasteiger charge is 2.29. The Labute approximate surface area is 83.8 Å². The molecule has 2 atom stereocenters. The van der Waals surface area contributed by atoms with Crippen LogP contribution in [0.1, 0.15) is 18.4 Å². The summed E-state index contributed by atoms with van der Waals surface area (Å²) < 4.78 is 10.8. The van der Waals surface area contributed by atoms with Crippen molar-refractivity contribution in [1.82, 2.24) is 0 Å². The van der Waals surface area contributed by atoms with E-state index < -0.39 is 0 Å². The first kappa shape index (κ1) is 9.34. The van der Waals surface area contributed by atoms with Gasteiger partial charge >= 0.3 is 0 Å². The zero-order chi connectivity index (χ0) is 10.1. The van der Waals surface area contributed by atoms with Crippen LogP contribution in [0.2, 0.25) is 0 Å². The third-order valence-corrected chi connectivity index (χ3v) is 2.67. The lowest BCUT2D eigenvalue weighted by atomic mass is 9.95. The molecule has 0 aromatic heterocycles. The van der Waals surface area contributed by atoms with Gasteiger partial charge in [0.15, 0.2) is 11.5 Å². The maximum Gasteiger partial charge on any atom is 0.164 e. The molecule has 1 aromatic rings. The molecule has 3 heteroatoms. The molecule has 76 valence electrons. The largest absolute Gasteiger partial charge is 0.493 e. The van der Waals surface area contributed by atoms with Crippen LogP contribution in [0.4, 0.5) is 0 Å². The summed E-state index contributed by atoms with van der Waals surface area (Å²) in [5, 5.41) is 0. The Morgan fingerprint density at radius 1 is 1.57 bits per heavy atom. The zero-order valence-electron chi connectivity index (χ0n) is 8.49. The molecule has 0 spiro atoms. The van der Waals surface area contributed by atoms with Gasteiger partial charge in [0, 0.05) is 17.5 Å². The van der Waals surface area contributed by atoms with Crippen molar-refractivity contribution in [3.63, 3.8) is 0 Å². The second-order valence-corrected chi connectivity index (χ2v) is 3.66. The molecule has 0 saturated heterocycles. The molecule has 2 rings (SSSR count). The van der Waals surface area contributed by atoms with Crippen molar-refractivity contribution >= 4 is 0 Å². The summed E-state index contributed by atoms with van der Waals surface area (Å²) in [6, 6.07) is 6.05. The molecular formula is C11H15NO2. The van der Waals surface area contributed by atoms with Crippen molar-refractivity contribution in [3.8, 4) is 11.5 Å². The Morgan fingerprint density at radius 3 is 3.00 bits per heavy atom. The lowest BCUT2D eigenvalue weighted by Crippen LogP contribution is -2.25. The molecule has 0 fully saturated rings. The topological polar surface area (TPSA) is 44.5 Å². The summed E-state index contributed by atoms with van der Waals surface area (Å²) in [5.41, 5.74) is 7.05. The average Bonchev–Trinajstić information content (AvgIpc) is 2.60. The zero-order valence-corrected chi connectivity index (χ0v) is 8.49. The molecule has 2 unspecified atom stereocenters. The van der Waals surface area contributed by atoms with E-state index in [1.807, 2.05) is 19.1 Å². The molecule has 0 radical (unpaired) electrons. The number of benzene rings is 1. The third-order valence-electron chi connectivity index (χ3n) is 2.67. The van der Waals surface area contributed by atoms with Gasteiger partial charge in [0.2, 0.25) is 0 Å². The first-order valence-electron chi connectivity index (χ1n) is 4.79. The van der Waals surface area contributed by atoms with Crippen LogP contribution in [0.3, 0.4) is 0 Å². The van der Waals surface area contributed by atoms with Crippen LogP contribution in [0, 0.1) is 0 Å². The van der Waals surface area contributed by atoms with Crippen LogP contribution in [-0.2, 0) is 0 Å². The molecule has 1 heterocycles. The van der Waals surface area contributed by atoms with Gasteiger partial charge in [0.1, 0.15) is 0 Å². The molecule has 14 heavy (non-hydrogen) atoms. The first-order valence-corrected chi connectivity index (χ1v) is 4.79. The molecule has 0 aliphatic carbocycles. The van der Waals surface area contributed by atoms with E-state index >= 15 is 0 Å². The summed E-state index contributed by atoms with van der Waals surface area (Å²) in [7, 11) is 1.65. The number of rotatable bonds is 2. The number of nitrogens with two attached hydrogens (primary N) is 1. The van der Waals surface area contributed by atoms with E-state index in [2.05, 4.69) is 6.07 Å². The van der Waals surface area contributed by atoms with Gasteiger partial charge in [0.05, 0.1) is 13.7 Å². The lowest BCUT2D eigenvalue weighted by molar-refractivity contribution is 0.300. The van der Waals surface area contributed by atoms with Crippen LogP contribution < -0.4 is 15.2 Å². The second-order valence-electron chi connectivity index (χ2n) is 3.66. The van der Waals surface area contributed by atoms with Gasteiger partial charge in [-0.2, -0.15) is 0 Å². The molecule has 1 aliphatic rings. The van der Waals surface area contributed by atoms with Gasteiger partial charge in [-0.1, -0.05) is 12.1 Å². The number of hydrogen-bond acceptors (Lipinski definition) is 3. The molecule has 0 saturated carbocycles. The summed E-state index contributed by atoms with van der Waals surface area (Å²) in [6.07, 6.45) is 0. The quantitative estimate of drug-likeness (QED) is 0.774. The minimum absolute atomic E-state index is 0.114. The van der Waals surface area contributed by atoms with Crippen LogP contribution in [-0.4, -0.2) is 19.8 Å². The van der Waals surface area contributed by atoms with E-state index in [-0.39, 0.29) is 6.04 Å². The Bertz CT molecular complexity index is 336. The fourth-order valence-corrected chi connectivity index (χ4v) is 1.84. The van der Waals surface area contributed by atoms with Crippen LogP contribution in [0.25, 0.3) is 0 Å². The maximum atomic E-state index is 5.88. The fraction of sp³-hybridized carbons (Fsp3) is 0.455. The minimum Gasteiger partial charge on any atom is -0.493 e. The average molecular weight is 193 g/mol. The van der Waals surface area contributed by atoms with Gasteiger partial charge < -0.3 is 15.2 Å². The summed E-state index contributed by atoms with van der Waals surface area (Å²) >= 11 is 0. The van der Waals surface area contributed by atoms with Crippen molar-refractivity contribution in [2.24, 2.45) is 5.73 Å². The van der Waals surface area contributed by atoms with E-state index in [1.54, 1.807) is 7.11 Å². The van der Waals surface area contributed by atoms with Gasteiger partial charge in [-0.3, -0.25) is 0 Å². The third kappa shape index (κ3) is 1.34. The highest BCUT2D eigenvalue weighted by molar-refractivity contribution is 5.51. The predicted octanol–water partition coefficient (Wildman–Crippen LogP) is 1.52. The molecule has 1 aromatic carbocycles. The second kappa shape index (κ2) is 3.50. The van der Waals surface area contributed by atoms with Crippen molar-refractivity contribution in [1.29, 1.82) is 0 Å². The van der Waals surface area contributed by atoms with Crippen molar-refractivity contribution in [2.75, 3.05) is 13.7 Å². The van der Waals surface area contributed by atoms with Crippen molar-refractivity contribution in [2.45, 2.75) is 18.9 Å². The monoisotopic (exact) mass is 193 g/mol. The number of para-hydroxylation sites is 1. The minimum atomic E-state index is 0.114. The van der Waals surface area contributed by atoms with E-state index in [9.17, 15) is 0 Å². The number of methoxy groups -OCH3 is 1. The summed E-state index contributed by atoms with van der Waals surface area (Å²) in [6.45, 7) is 2.66. The summed E-state index contributed by atoms with van der Waals surface area (Å²) in [5.74, 6) is 1.95. The van der Waals surface area contributed by atoms with Gasteiger partial charge in [-0.15, -0.1) is 0 Å². The Balaban J connectivity index is 2.41. The van der Waals surface area contributed by atoms with Crippen molar-refractivity contribution < 1.29 is 9.47 Å². The highest BCUT2D eigenvalue weighted by atomic mass is 16.5. The molecular weight excluding hydrogens is 178 g/mol. The SMILES string of the molecule is COc1cccc2c1OCC2C(C)N. The van der Waals surface area contributed by atoms with Crippen LogP contribution in [0.5, 0.6) is 11.5 Å². The van der Waals surface area contributed by atoms with E-state index in [4.69, 9.17) is 15.2 Å². The van der Waals surface area contributed by atoms with E-state index in [0.717, 1.165) is 11.5 Å². The normalized spacial score (nSPS) is 21.2. The number of fused-ring (bicyclic) bond motifs is 1. The molecule has 0 amide bonds. The van der Waals surface area contributed by atoms with Gasteiger partial charge in [0.25, 0.3) is 0 Å². The number of hydrogen-bond donors (Lipinski definition) is 1. The molecule has 0 bridgehead atoms. The van der Waals surface area contributed by atoms with E-state index in [1.165, 1.54) is 5.56 Å². The Hall–Kier alpha value is -1.22. The lowest BCUT2D eigenvalue weighted by Gasteiger charge is -2.12. The van der Waals surface area contributed by atoms with Crippen LogP contribution in [0.15, 0.2) is 18.2 Å². The molecule has 2 N–H and O–H groups in total. The smallest absolute Gasteiger partial charge is 0.164 e. The molecule has 1 aliphatic heterocycles. The first-order chi connectivity index (χ1) is 6.74. The van der Waals surface area contributed by atoms with Gasteiger partial charge in [-0.05, 0) is 13.0 Å². The van der Waals surface area contributed by atoms with E-state index in [0.29, 0.717) is 12.5 Å². The Kier molecular flexibility index (Phi) is 2.33. The van der Waals surface area contributed by atoms with Gasteiger partial charge in [-0.25, -0.2) is 0 Å².